The Bertz CT molecular complexity index is 2660. The van der Waals surface area contributed by atoms with Gasteiger partial charge in [0.1, 0.15) is 0 Å². The molecule has 3 heterocycles. The first kappa shape index (κ1) is 46.7. The standard InChI is InChI=1S/C13H18O3S.C12H13NO3S.C12H13NOS.C9H7NS/c1-16-9-10-17(14,15)13-8-4-6-11-5-2-3-7-12(11)13;1-16-8-9-17(14,15)12-6-2-5-11-10(12)4-3-7-13-11;1-14-8-9-15-12-6-2-5-11-10(12)4-3-7-13-11;11-9-5-1-4-8-7(9)3-2-6-10-8/h4,6,8H,2-3,5,7,9-10H2,1H3;2-7H,8-9H2,1H3;2-7H,8-9H2,1H3;1-6,11H. The van der Waals surface area contributed by atoms with E-state index in [1.54, 1.807) is 55.9 Å². The zero-order chi connectivity index (χ0) is 42.8. The summed E-state index contributed by atoms with van der Waals surface area (Å²) < 4.78 is 63.3. The Balaban J connectivity index is 0.000000153. The number of nitrogens with zero attached hydrogens (tertiary/aromatic N) is 3. The molecule has 1 aliphatic carbocycles. The van der Waals surface area contributed by atoms with E-state index in [2.05, 4.69) is 39.7 Å². The molecular formula is C46H51N3O7S4. The Morgan fingerprint density at radius 1 is 0.550 bits per heavy atom. The van der Waals surface area contributed by atoms with Gasteiger partial charge in [0.05, 0.1) is 57.7 Å². The Hall–Kier alpha value is -4.41. The van der Waals surface area contributed by atoms with Crippen molar-refractivity contribution < 1.29 is 31.0 Å². The highest BCUT2D eigenvalue weighted by Crippen LogP contribution is 2.29. The smallest absolute Gasteiger partial charge is 0.181 e. The number of thiol groups is 1. The maximum atomic E-state index is 12.2. The molecule has 0 saturated carbocycles. The van der Waals surface area contributed by atoms with Crippen molar-refractivity contribution in [3.05, 3.63) is 139 Å². The van der Waals surface area contributed by atoms with Crippen LogP contribution in [0.25, 0.3) is 32.7 Å². The third kappa shape index (κ3) is 13.0. The average Bonchev–Trinajstić information content (AvgIpc) is 3.28. The van der Waals surface area contributed by atoms with Gasteiger partial charge in [-0.25, -0.2) is 16.8 Å². The van der Waals surface area contributed by atoms with E-state index >= 15 is 0 Å². The molecule has 0 amide bonds. The van der Waals surface area contributed by atoms with Gasteiger partial charge in [0, 0.05) is 71.6 Å². The van der Waals surface area contributed by atoms with Crippen LogP contribution in [0, 0.1) is 0 Å². The lowest BCUT2D eigenvalue weighted by atomic mass is 9.92. The fraction of sp³-hybridized carbons (Fsp3) is 0.283. The molecule has 0 fully saturated rings. The summed E-state index contributed by atoms with van der Waals surface area (Å²) in [7, 11) is -1.77. The van der Waals surface area contributed by atoms with Crippen LogP contribution in [0.5, 0.6) is 0 Å². The van der Waals surface area contributed by atoms with E-state index < -0.39 is 19.7 Å². The van der Waals surface area contributed by atoms with Gasteiger partial charge < -0.3 is 14.2 Å². The lowest BCUT2D eigenvalue weighted by Gasteiger charge is -2.19. The SMILES string of the molecule is COCCS(=O)(=O)c1cccc2c1CCCC2.COCCS(=O)(=O)c1cccc2ncccc12.COCCSc1cccc2ncccc12.Sc1cccc2ncccc12. The second kappa shape index (κ2) is 23.6. The van der Waals surface area contributed by atoms with Crippen LogP contribution in [0.4, 0.5) is 0 Å². The van der Waals surface area contributed by atoms with Gasteiger partial charge in [0.15, 0.2) is 19.7 Å². The van der Waals surface area contributed by atoms with Crippen molar-refractivity contribution in [3.63, 3.8) is 0 Å². The molecular weight excluding hydrogens is 835 g/mol. The van der Waals surface area contributed by atoms with Crippen molar-refractivity contribution in [1.29, 1.82) is 0 Å². The highest BCUT2D eigenvalue weighted by molar-refractivity contribution is 7.99. The van der Waals surface area contributed by atoms with Crippen molar-refractivity contribution in [2.75, 3.05) is 58.4 Å². The number of thioether (sulfide) groups is 1. The molecule has 0 N–H and O–H groups in total. The third-order valence-electron chi connectivity index (χ3n) is 9.51. The first-order chi connectivity index (χ1) is 29.1. The minimum absolute atomic E-state index is 0.0164. The van der Waals surface area contributed by atoms with Crippen molar-refractivity contribution in [2.45, 2.75) is 45.3 Å². The molecule has 0 atom stereocenters. The molecule has 4 aromatic carbocycles. The van der Waals surface area contributed by atoms with E-state index in [1.165, 1.54) is 30.1 Å². The molecule has 316 valence electrons. The molecule has 3 aromatic heterocycles. The molecule has 0 radical (unpaired) electrons. The number of ether oxygens (including phenoxy) is 3. The van der Waals surface area contributed by atoms with Gasteiger partial charge in [-0.05, 0) is 104 Å². The number of pyridine rings is 3. The number of hydrogen-bond acceptors (Lipinski definition) is 12. The zero-order valence-corrected chi connectivity index (χ0v) is 37.4. The summed E-state index contributed by atoms with van der Waals surface area (Å²) in [5.41, 5.74) is 4.98. The fourth-order valence-corrected chi connectivity index (χ4v) is 10.7. The lowest BCUT2D eigenvalue weighted by molar-refractivity contribution is 0.217. The van der Waals surface area contributed by atoms with E-state index in [0.717, 1.165) is 64.9 Å². The minimum atomic E-state index is -3.31. The largest absolute Gasteiger partial charge is 0.384 e. The van der Waals surface area contributed by atoms with Crippen LogP contribution in [0.3, 0.4) is 0 Å². The van der Waals surface area contributed by atoms with Crippen LogP contribution in [-0.2, 0) is 46.7 Å². The van der Waals surface area contributed by atoms with Gasteiger partial charge in [-0.15, -0.1) is 24.4 Å². The molecule has 0 aliphatic heterocycles. The Kier molecular flexibility index (Phi) is 18.3. The van der Waals surface area contributed by atoms with Crippen LogP contribution < -0.4 is 0 Å². The number of rotatable bonds is 12. The molecule has 14 heteroatoms. The number of hydrogen-bond donors (Lipinski definition) is 1. The molecule has 1 aliphatic rings. The summed E-state index contributed by atoms with van der Waals surface area (Å²) in [6.07, 6.45) is 9.40. The van der Waals surface area contributed by atoms with Crippen LogP contribution in [-0.4, -0.2) is 90.2 Å². The van der Waals surface area contributed by atoms with Crippen molar-refractivity contribution in [1.82, 2.24) is 15.0 Å². The Morgan fingerprint density at radius 2 is 1.05 bits per heavy atom. The van der Waals surface area contributed by atoms with Crippen LogP contribution >= 0.6 is 24.4 Å². The Morgan fingerprint density at radius 3 is 1.68 bits per heavy atom. The fourth-order valence-electron chi connectivity index (χ4n) is 6.51. The van der Waals surface area contributed by atoms with E-state index in [9.17, 15) is 16.8 Å². The first-order valence-electron chi connectivity index (χ1n) is 19.5. The highest BCUT2D eigenvalue weighted by atomic mass is 32.2. The monoisotopic (exact) mass is 885 g/mol. The number of sulfone groups is 2. The highest BCUT2D eigenvalue weighted by Gasteiger charge is 2.22. The molecule has 8 rings (SSSR count). The predicted molar refractivity (Wildman–Crippen MR) is 246 cm³/mol. The maximum Gasteiger partial charge on any atom is 0.181 e. The second-order valence-corrected chi connectivity index (χ2v) is 19.3. The van der Waals surface area contributed by atoms with E-state index in [0.29, 0.717) is 20.7 Å². The summed E-state index contributed by atoms with van der Waals surface area (Å²) in [6.45, 7) is 1.23. The first-order valence-corrected chi connectivity index (χ1v) is 24.2. The van der Waals surface area contributed by atoms with E-state index in [1.807, 2.05) is 78.6 Å². The van der Waals surface area contributed by atoms with Crippen LogP contribution in [0.15, 0.2) is 147 Å². The number of aromatic nitrogens is 3. The molecule has 0 bridgehead atoms. The van der Waals surface area contributed by atoms with Crippen LogP contribution in [0.1, 0.15) is 24.0 Å². The van der Waals surface area contributed by atoms with E-state index in [4.69, 9.17) is 14.2 Å². The van der Waals surface area contributed by atoms with Gasteiger partial charge >= 0.3 is 0 Å². The summed E-state index contributed by atoms with van der Waals surface area (Å²) in [5, 5.41) is 2.99. The topological polar surface area (TPSA) is 135 Å². The molecule has 60 heavy (non-hydrogen) atoms. The third-order valence-corrected chi connectivity index (χ3v) is 14.4. The summed E-state index contributed by atoms with van der Waals surface area (Å²) >= 11 is 6.12. The molecule has 7 aromatic rings. The summed E-state index contributed by atoms with van der Waals surface area (Å²) in [6, 6.07) is 34.4. The molecule has 10 nitrogen and oxygen atoms in total. The average molecular weight is 886 g/mol. The van der Waals surface area contributed by atoms with E-state index in [-0.39, 0.29) is 24.7 Å². The van der Waals surface area contributed by atoms with Crippen LogP contribution in [0.2, 0.25) is 0 Å². The number of methoxy groups -OCH3 is 3. The van der Waals surface area contributed by atoms with Crippen molar-refractivity contribution in [2.24, 2.45) is 0 Å². The summed E-state index contributed by atoms with van der Waals surface area (Å²) in [4.78, 5) is 15.8. The molecule has 0 spiro atoms. The van der Waals surface area contributed by atoms with Gasteiger partial charge in [-0.1, -0.05) is 42.5 Å². The number of fused-ring (bicyclic) bond motifs is 4. The van der Waals surface area contributed by atoms with Crippen molar-refractivity contribution >= 4 is 76.8 Å². The van der Waals surface area contributed by atoms with Crippen molar-refractivity contribution in [3.8, 4) is 0 Å². The Labute approximate surface area is 363 Å². The second-order valence-electron chi connectivity index (χ2n) is 13.6. The van der Waals surface area contributed by atoms with Gasteiger partial charge in [-0.3, -0.25) is 15.0 Å². The lowest BCUT2D eigenvalue weighted by Crippen LogP contribution is -2.16. The maximum absolute atomic E-state index is 12.2. The summed E-state index contributed by atoms with van der Waals surface area (Å²) in [5.74, 6) is 1.03. The van der Waals surface area contributed by atoms with Gasteiger partial charge in [-0.2, -0.15) is 0 Å². The predicted octanol–water partition coefficient (Wildman–Crippen LogP) is 9.14. The quantitative estimate of drug-likeness (QED) is 0.0716. The normalized spacial score (nSPS) is 12.3. The number of aryl methyl sites for hydroxylation is 1. The van der Waals surface area contributed by atoms with Gasteiger partial charge in [0.2, 0.25) is 0 Å². The van der Waals surface area contributed by atoms with Gasteiger partial charge in [0.25, 0.3) is 0 Å². The molecule has 0 unspecified atom stereocenters. The number of benzene rings is 4. The molecule has 0 saturated heterocycles. The zero-order valence-electron chi connectivity index (χ0n) is 34.1. The minimum Gasteiger partial charge on any atom is -0.384 e.